The third-order valence-electron chi connectivity index (χ3n) is 3.69. The Labute approximate surface area is 142 Å². The first-order valence-corrected chi connectivity index (χ1v) is 7.81. The fourth-order valence-corrected chi connectivity index (χ4v) is 2.36. The van der Waals surface area contributed by atoms with E-state index in [0.717, 1.165) is 28.5 Å². The predicted molar refractivity (Wildman–Crippen MR) is 94.8 cm³/mol. The number of aliphatic carboxylic acids is 1. The number of ether oxygens (including phenoxy) is 2. The van der Waals surface area contributed by atoms with E-state index in [0.29, 0.717) is 19.0 Å². The van der Waals surface area contributed by atoms with Gasteiger partial charge in [0.1, 0.15) is 24.7 Å². The predicted octanol–water partition coefficient (Wildman–Crippen LogP) is 4.17. The van der Waals surface area contributed by atoms with Gasteiger partial charge in [-0.15, -0.1) is 0 Å². The normalized spacial score (nSPS) is 10.8. The van der Waals surface area contributed by atoms with Crippen molar-refractivity contribution in [2.24, 2.45) is 0 Å². The minimum Gasteiger partial charge on any atom is -0.490 e. The molecule has 0 atom stereocenters. The molecule has 1 N–H and O–H groups in total. The molecule has 0 heterocycles. The van der Waals surface area contributed by atoms with E-state index < -0.39 is 5.97 Å². The molecule has 0 aromatic heterocycles. The molecule has 0 radical (unpaired) electrons. The van der Waals surface area contributed by atoms with Crippen LogP contribution in [0, 0.1) is 20.8 Å². The summed E-state index contributed by atoms with van der Waals surface area (Å²) in [6, 6.07) is 11.5. The van der Waals surface area contributed by atoms with Gasteiger partial charge in [0, 0.05) is 11.6 Å². The van der Waals surface area contributed by atoms with Crippen LogP contribution in [0.3, 0.4) is 0 Å². The molecule has 0 bridgehead atoms. The minimum atomic E-state index is -0.988. The largest absolute Gasteiger partial charge is 0.490 e. The second kappa shape index (κ2) is 8.20. The van der Waals surface area contributed by atoms with E-state index in [4.69, 9.17) is 14.6 Å². The van der Waals surface area contributed by atoms with Crippen molar-refractivity contribution >= 4 is 12.0 Å². The molecule has 4 heteroatoms. The zero-order valence-corrected chi connectivity index (χ0v) is 14.2. The molecule has 2 rings (SSSR count). The summed E-state index contributed by atoms with van der Waals surface area (Å²) in [5.74, 6) is 0.518. The van der Waals surface area contributed by atoms with Gasteiger partial charge in [-0.2, -0.15) is 0 Å². The van der Waals surface area contributed by atoms with Gasteiger partial charge in [0.2, 0.25) is 0 Å². The van der Waals surface area contributed by atoms with Crippen molar-refractivity contribution in [1.29, 1.82) is 0 Å². The molecular weight excluding hydrogens is 304 g/mol. The van der Waals surface area contributed by atoms with Crippen molar-refractivity contribution in [3.63, 3.8) is 0 Å². The Morgan fingerprint density at radius 1 is 1.04 bits per heavy atom. The zero-order valence-electron chi connectivity index (χ0n) is 14.2. The molecule has 0 aliphatic rings. The molecule has 4 nitrogen and oxygen atoms in total. The van der Waals surface area contributed by atoms with Crippen molar-refractivity contribution in [2.75, 3.05) is 13.2 Å². The maximum absolute atomic E-state index is 10.6. The Bertz CT molecular complexity index is 747. The van der Waals surface area contributed by atoms with Crippen molar-refractivity contribution in [1.82, 2.24) is 0 Å². The zero-order chi connectivity index (χ0) is 17.5. The molecule has 0 aliphatic heterocycles. The lowest BCUT2D eigenvalue weighted by Crippen LogP contribution is -2.10. The van der Waals surface area contributed by atoms with Crippen molar-refractivity contribution < 1.29 is 19.4 Å². The quantitative estimate of drug-likeness (QED) is 0.613. The van der Waals surface area contributed by atoms with E-state index in [1.807, 2.05) is 44.2 Å². The Balaban J connectivity index is 1.95. The third-order valence-corrected chi connectivity index (χ3v) is 3.69. The van der Waals surface area contributed by atoms with Crippen molar-refractivity contribution in [3.8, 4) is 11.5 Å². The summed E-state index contributed by atoms with van der Waals surface area (Å²) in [5.41, 5.74) is 4.22. The highest BCUT2D eigenvalue weighted by Gasteiger charge is 2.05. The fourth-order valence-electron chi connectivity index (χ4n) is 2.36. The number of carboxylic acid groups (broad SMARTS) is 1. The van der Waals surface area contributed by atoms with Gasteiger partial charge in [-0.25, -0.2) is 4.79 Å². The molecule has 126 valence electrons. The van der Waals surface area contributed by atoms with Crippen LogP contribution < -0.4 is 9.47 Å². The summed E-state index contributed by atoms with van der Waals surface area (Å²) in [5, 5.41) is 8.73. The van der Waals surface area contributed by atoms with Gasteiger partial charge >= 0.3 is 5.97 Å². The molecule has 0 amide bonds. The van der Waals surface area contributed by atoms with E-state index >= 15 is 0 Å². The van der Waals surface area contributed by atoms with E-state index in [9.17, 15) is 4.79 Å². The van der Waals surface area contributed by atoms with E-state index in [1.165, 1.54) is 11.6 Å². The molecule has 0 fully saturated rings. The number of benzene rings is 2. The van der Waals surface area contributed by atoms with Crippen LogP contribution in [0.25, 0.3) is 6.08 Å². The third kappa shape index (κ3) is 4.88. The monoisotopic (exact) mass is 326 g/mol. The van der Waals surface area contributed by atoms with Gasteiger partial charge in [-0.1, -0.05) is 24.3 Å². The van der Waals surface area contributed by atoms with Gasteiger partial charge in [-0.3, -0.25) is 0 Å². The number of carbonyl (C=O) groups is 1. The van der Waals surface area contributed by atoms with Crippen LogP contribution in [-0.2, 0) is 4.79 Å². The highest BCUT2D eigenvalue weighted by molar-refractivity contribution is 5.85. The topological polar surface area (TPSA) is 55.8 Å². The molecular formula is C20H22O4. The van der Waals surface area contributed by atoms with Crippen LogP contribution in [0.15, 0.2) is 42.5 Å². The smallest absolute Gasteiger partial charge is 0.328 e. The highest BCUT2D eigenvalue weighted by Crippen LogP contribution is 2.23. The van der Waals surface area contributed by atoms with Crippen LogP contribution >= 0.6 is 0 Å². The second-order valence-corrected chi connectivity index (χ2v) is 5.61. The molecule has 2 aromatic carbocycles. The number of hydrogen-bond donors (Lipinski definition) is 1. The maximum atomic E-state index is 10.6. The fraction of sp³-hybridized carbons (Fsp3) is 0.250. The minimum absolute atomic E-state index is 0.379. The number of para-hydroxylation sites is 1. The van der Waals surface area contributed by atoms with E-state index in [-0.39, 0.29) is 0 Å². The van der Waals surface area contributed by atoms with Gasteiger partial charge < -0.3 is 14.6 Å². The van der Waals surface area contributed by atoms with Crippen LogP contribution in [0.2, 0.25) is 0 Å². The van der Waals surface area contributed by atoms with E-state index in [1.54, 1.807) is 0 Å². The summed E-state index contributed by atoms with van der Waals surface area (Å²) in [7, 11) is 0. The van der Waals surface area contributed by atoms with Crippen LogP contribution in [-0.4, -0.2) is 24.3 Å². The first-order chi connectivity index (χ1) is 11.5. The SMILES string of the molecule is Cc1cc(C)c(C)c(OCCOc2ccccc2C=CC(=O)O)c1. The van der Waals surface area contributed by atoms with Gasteiger partial charge in [0.25, 0.3) is 0 Å². The molecule has 0 aliphatic carbocycles. The number of aryl methyl sites for hydroxylation is 2. The van der Waals surface area contributed by atoms with E-state index in [2.05, 4.69) is 13.0 Å². The van der Waals surface area contributed by atoms with Crippen molar-refractivity contribution in [3.05, 3.63) is 64.7 Å². The number of rotatable bonds is 7. The molecule has 0 unspecified atom stereocenters. The standard InChI is InChI=1S/C20H22O4/c1-14-12-15(2)16(3)19(13-14)24-11-10-23-18-7-5-4-6-17(18)8-9-20(21)22/h4-9,12-13H,10-11H2,1-3H3,(H,21,22). The first-order valence-electron chi connectivity index (χ1n) is 7.81. The Kier molecular flexibility index (Phi) is 6.01. The first kappa shape index (κ1) is 17.6. The molecule has 24 heavy (non-hydrogen) atoms. The lowest BCUT2D eigenvalue weighted by atomic mass is 10.1. The summed E-state index contributed by atoms with van der Waals surface area (Å²) < 4.78 is 11.5. The number of carboxylic acids is 1. The molecule has 2 aromatic rings. The summed E-state index contributed by atoms with van der Waals surface area (Å²) >= 11 is 0. The molecule has 0 spiro atoms. The Morgan fingerprint density at radius 3 is 2.42 bits per heavy atom. The molecule has 0 saturated heterocycles. The average Bonchev–Trinajstić information content (AvgIpc) is 2.54. The lowest BCUT2D eigenvalue weighted by molar-refractivity contribution is -0.131. The van der Waals surface area contributed by atoms with Gasteiger partial charge in [0.15, 0.2) is 0 Å². The summed E-state index contributed by atoms with van der Waals surface area (Å²) in [4.78, 5) is 10.6. The van der Waals surface area contributed by atoms with Crippen LogP contribution in [0.1, 0.15) is 22.3 Å². The average molecular weight is 326 g/mol. The van der Waals surface area contributed by atoms with Crippen LogP contribution in [0.4, 0.5) is 0 Å². The van der Waals surface area contributed by atoms with Gasteiger partial charge in [0.05, 0.1) is 0 Å². The Morgan fingerprint density at radius 2 is 1.71 bits per heavy atom. The van der Waals surface area contributed by atoms with Crippen molar-refractivity contribution in [2.45, 2.75) is 20.8 Å². The van der Waals surface area contributed by atoms with Gasteiger partial charge in [-0.05, 0) is 55.7 Å². The molecule has 0 saturated carbocycles. The second-order valence-electron chi connectivity index (χ2n) is 5.61. The number of hydrogen-bond acceptors (Lipinski definition) is 3. The Hall–Kier alpha value is -2.75. The maximum Gasteiger partial charge on any atom is 0.328 e. The summed E-state index contributed by atoms with van der Waals surface area (Å²) in [6.45, 7) is 6.94. The highest BCUT2D eigenvalue weighted by atomic mass is 16.5. The lowest BCUT2D eigenvalue weighted by Gasteiger charge is -2.13. The summed E-state index contributed by atoms with van der Waals surface area (Å²) in [6.07, 6.45) is 2.62. The van der Waals surface area contributed by atoms with Crippen LogP contribution in [0.5, 0.6) is 11.5 Å².